The lowest BCUT2D eigenvalue weighted by molar-refractivity contribution is -0.157. The summed E-state index contributed by atoms with van der Waals surface area (Å²) in [6.07, 6.45) is 1.46. The molecular weight excluding hydrogens is 356 g/mol. The van der Waals surface area contributed by atoms with Gasteiger partial charge >= 0.3 is 0 Å². The number of benzene rings is 1. The molecule has 0 spiro atoms. The van der Waals surface area contributed by atoms with E-state index >= 15 is 0 Å². The Bertz CT molecular complexity index is 461. The molecule has 0 aliphatic carbocycles. The van der Waals surface area contributed by atoms with E-state index in [2.05, 4.69) is 21.2 Å². The fourth-order valence-corrected chi connectivity index (χ4v) is 2.88. The summed E-state index contributed by atoms with van der Waals surface area (Å²) < 4.78 is 6.62. The van der Waals surface area contributed by atoms with Crippen LogP contribution in [-0.4, -0.2) is 43.7 Å². The van der Waals surface area contributed by atoms with Gasteiger partial charge in [0.15, 0.2) is 0 Å². The molecule has 1 N–H and O–H groups in total. The van der Waals surface area contributed by atoms with Crippen molar-refractivity contribution in [2.75, 3.05) is 27.2 Å². The zero-order valence-electron chi connectivity index (χ0n) is 12.4. The third-order valence-corrected chi connectivity index (χ3v) is 4.40. The maximum Gasteiger partial charge on any atom is 0.254 e. The first-order chi connectivity index (χ1) is 9.57. The molecule has 0 atom stereocenters. The Morgan fingerprint density at radius 3 is 2.43 bits per heavy atom. The number of rotatable bonds is 4. The number of carbonyl (C=O) groups is 1. The summed E-state index contributed by atoms with van der Waals surface area (Å²) in [5, 5.41) is 3.27. The molecule has 1 heterocycles. The molecule has 118 valence electrons. The molecule has 1 fully saturated rings. The number of methoxy groups -OCH3 is 1. The molecule has 1 aliphatic rings. The van der Waals surface area contributed by atoms with E-state index < -0.39 is 5.60 Å². The van der Waals surface area contributed by atoms with E-state index in [-0.39, 0.29) is 18.3 Å². The first-order valence-electron chi connectivity index (χ1n) is 6.83. The van der Waals surface area contributed by atoms with Gasteiger partial charge in [-0.05, 0) is 43.6 Å². The normalized spacial score (nSPS) is 16.9. The van der Waals surface area contributed by atoms with E-state index in [0.717, 1.165) is 36.0 Å². The summed E-state index contributed by atoms with van der Waals surface area (Å²) in [5.74, 6) is 0.0735. The predicted molar refractivity (Wildman–Crippen MR) is 89.7 cm³/mol. The van der Waals surface area contributed by atoms with Gasteiger partial charge in [0.2, 0.25) is 0 Å². The highest BCUT2D eigenvalue weighted by molar-refractivity contribution is 9.10. The Morgan fingerprint density at radius 2 is 1.90 bits per heavy atom. The summed E-state index contributed by atoms with van der Waals surface area (Å²) in [7, 11) is 3.48. The van der Waals surface area contributed by atoms with Crippen LogP contribution >= 0.6 is 28.3 Å². The van der Waals surface area contributed by atoms with E-state index in [9.17, 15) is 4.79 Å². The van der Waals surface area contributed by atoms with Crippen LogP contribution in [0, 0.1) is 0 Å². The average molecular weight is 378 g/mol. The van der Waals surface area contributed by atoms with Crippen molar-refractivity contribution in [3.05, 3.63) is 34.3 Å². The van der Waals surface area contributed by atoms with Crippen LogP contribution in [0.5, 0.6) is 0 Å². The molecule has 1 amide bonds. The van der Waals surface area contributed by atoms with Crippen LogP contribution in [0.3, 0.4) is 0 Å². The maximum atomic E-state index is 12.7. The number of carbonyl (C=O) groups excluding carboxylic acids is 1. The minimum atomic E-state index is -0.657. The Labute approximate surface area is 140 Å². The van der Waals surface area contributed by atoms with Gasteiger partial charge < -0.3 is 15.0 Å². The number of ether oxygens (including phenoxy) is 1. The lowest BCUT2D eigenvalue weighted by Crippen LogP contribution is -2.54. The maximum absolute atomic E-state index is 12.7. The molecule has 1 aromatic rings. The summed E-state index contributed by atoms with van der Waals surface area (Å²) in [4.78, 5) is 14.4. The Morgan fingerprint density at radius 1 is 1.33 bits per heavy atom. The topological polar surface area (TPSA) is 41.6 Å². The highest BCUT2D eigenvalue weighted by Crippen LogP contribution is 2.25. The third-order valence-electron chi connectivity index (χ3n) is 3.87. The number of nitrogens with zero attached hydrogens (tertiary/aromatic N) is 1. The molecule has 0 saturated carbocycles. The number of hydrogen-bond acceptors (Lipinski definition) is 3. The molecule has 1 aliphatic heterocycles. The minimum Gasteiger partial charge on any atom is -0.368 e. The second kappa shape index (κ2) is 8.13. The number of amides is 1. The molecule has 0 bridgehead atoms. The van der Waals surface area contributed by atoms with E-state index in [1.807, 2.05) is 31.3 Å². The van der Waals surface area contributed by atoms with Crippen molar-refractivity contribution in [2.45, 2.75) is 25.0 Å². The van der Waals surface area contributed by atoms with Crippen LogP contribution in [0.15, 0.2) is 28.7 Å². The number of nitrogens with one attached hydrogen (secondary N) is 1. The molecule has 1 aromatic carbocycles. The molecule has 4 nitrogen and oxygen atoms in total. The summed E-state index contributed by atoms with van der Waals surface area (Å²) in [6, 6.07) is 8.03. The number of piperidine rings is 1. The monoisotopic (exact) mass is 376 g/mol. The van der Waals surface area contributed by atoms with E-state index in [1.165, 1.54) is 0 Å². The predicted octanol–water partition coefficient (Wildman–Crippen LogP) is 2.60. The van der Waals surface area contributed by atoms with E-state index in [0.29, 0.717) is 6.54 Å². The zero-order chi connectivity index (χ0) is 14.6. The first kappa shape index (κ1) is 18.4. The van der Waals surface area contributed by atoms with Crippen LogP contribution in [0.4, 0.5) is 0 Å². The molecule has 21 heavy (non-hydrogen) atoms. The fourth-order valence-electron chi connectivity index (χ4n) is 2.62. The van der Waals surface area contributed by atoms with Gasteiger partial charge in [0.1, 0.15) is 5.60 Å². The van der Waals surface area contributed by atoms with Crippen molar-refractivity contribution in [3.8, 4) is 0 Å². The van der Waals surface area contributed by atoms with Crippen molar-refractivity contribution >= 4 is 34.2 Å². The van der Waals surface area contributed by atoms with Gasteiger partial charge in [-0.2, -0.15) is 0 Å². The smallest absolute Gasteiger partial charge is 0.254 e. The van der Waals surface area contributed by atoms with Gasteiger partial charge in [-0.25, -0.2) is 0 Å². The van der Waals surface area contributed by atoms with Gasteiger partial charge in [-0.3, -0.25) is 4.79 Å². The number of halogens is 2. The second-order valence-corrected chi connectivity index (χ2v) is 6.15. The highest BCUT2D eigenvalue weighted by Gasteiger charge is 2.41. The van der Waals surface area contributed by atoms with Gasteiger partial charge in [0.05, 0.1) is 0 Å². The Hall–Kier alpha value is -0.620. The second-order valence-electron chi connectivity index (χ2n) is 5.24. The van der Waals surface area contributed by atoms with Crippen molar-refractivity contribution in [1.29, 1.82) is 0 Å². The molecule has 0 aromatic heterocycles. The van der Waals surface area contributed by atoms with Gasteiger partial charge in [-0.15, -0.1) is 12.4 Å². The molecule has 1 saturated heterocycles. The largest absolute Gasteiger partial charge is 0.368 e. The lowest BCUT2D eigenvalue weighted by atomic mass is 9.90. The fraction of sp³-hybridized carbons (Fsp3) is 0.533. The molecule has 0 radical (unpaired) electrons. The Balaban J connectivity index is 0.00000220. The molecule has 6 heteroatoms. The highest BCUT2D eigenvalue weighted by atomic mass is 79.9. The van der Waals surface area contributed by atoms with Crippen LogP contribution < -0.4 is 5.32 Å². The van der Waals surface area contributed by atoms with Gasteiger partial charge in [-0.1, -0.05) is 28.1 Å². The van der Waals surface area contributed by atoms with Crippen molar-refractivity contribution in [1.82, 2.24) is 10.2 Å². The van der Waals surface area contributed by atoms with Crippen LogP contribution in [0.1, 0.15) is 18.4 Å². The van der Waals surface area contributed by atoms with Crippen molar-refractivity contribution < 1.29 is 9.53 Å². The summed E-state index contributed by atoms with van der Waals surface area (Å²) >= 11 is 3.42. The molecular formula is C15H22BrClN2O2. The standard InChI is InChI=1S/C15H21BrN2O2.ClH/c1-18(11-12-3-5-13(16)6-4-12)14(19)15(20-2)7-9-17-10-8-15;/h3-6,17H,7-11H2,1-2H3;1H. The third kappa shape index (κ3) is 4.42. The minimum absolute atomic E-state index is 0. The van der Waals surface area contributed by atoms with E-state index in [4.69, 9.17) is 4.74 Å². The molecule has 2 rings (SSSR count). The number of likely N-dealkylation sites (N-methyl/N-ethyl adjacent to an activating group) is 1. The molecule has 0 unspecified atom stereocenters. The average Bonchev–Trinajstić information content (AvgIpc) is 2.49. The van der Waals surface area contributed by atoms with Crippen molar-refractivity contribution in [3.63, 3.8) is 0 Å². The first-order valence-corrected chi connectivity index (χ1v) is 7.62. The van der Waals surface area contributed by atoms with Gasteiger partial charge in [0.25, 0.3) is 5.91 Å². The van der Waals surface area contributed by atoms with Crippen LogP contribution in [-0.2, 0) is 16.1 Å². The quantitative estimate of drug-likeness (QED) is 0.877. The zero-order valence-corrected chi connectivity index (χ0v) is 14.8. The number of hydrogen-bond donors (Lipinski definition) is 1. The van der Waals surface area contributed by atoms with Crippen LogP contribution in [0.2, 0.25) is 0 Å². The van der Waals surface area contributed by atoms with Crippen molar-refractivity contribution in [2.24, 2.45) is 0 Å². The summed E-state index contributed by atoms with van der Waals surface area (Å²) in [6.45, 7) is 2.25. The Kier molecular flexibility index (Phi) is 7.13. The SMILES string of the molecule is COC1(C(=O)N(C)Cc2ccc(Br)cc2)CCNCC1.Cl. The summed E-state index contributed by atoms with van der Waals surface area (Å²) in [5.41, 5.74) is 0.458. The van der Waals surface area contributed by atoms with E-state index in [1.54, 1.807) is 12.0 Å². The van der Waals surface area contributed by atoms with Crippen LogP contribution in [0.25, 0.3) is 0 Å². The lowest BCUT2D eigenvalue weighted by Gasteiger charge is -2.37. The van der Waals surface area contributed by atoms with Gasteiger partial charge in [0, 0.05) is 25.2 Å².